The van der Waals surface area contributed by atoms with Crippen LogP contribution in [0.1, 0.15) is 11.7 Å². The second-order valence-electron chi connectivity index (χ2n) is 5.22. The highest BCUT2D eigenvalue weighted by Crippen LogP contribution is 2.20. The largest absolute Gasteiger partial charge is 0.387 e. The van der Waals surface area contributed by atoms with Gasteiger partial charge in [-0.05, 0) is 22.4 Å². The Bertz CT molecular complexity index is 628. The van der Waals surface area contributed by atoms with E-state index in [0.29, 0.717) is 0 Å². The van der Waals surface area contributed by atoms with Crippen LogP contribution in [0.4, 0.5) is 0 Å². The van der Waals surface area contributed by atoms with E-state index in [2.05, 4.69) is 10.6 Å². The number of aliphatic hydroxyl groups excluding tert-OH is 1. The number of carbonyl (C=O) groups excluding carboxylic acids is 1. The second-order valence-corrected chi connectivity index (χ2v) is 5.22. The number of aliphatic hydroxyl groups is 1. The molecule has 0 aliphatic carbocycles. The van der Waals surface area contributed by atoms with Crippen molar-refractivity contribution in [2.75, 3.05) is 19.6 Å². The monoisotopic (exact) mass is 306 g/mol. The quantitative estimate of drug-likeness (QED) is 0.804. The predicted molar refractivity (Wildman–Crippen MR) is 85.5 cm³/mol. The first-order valence-electron chi connectivity index (χ1n) is 6.89. The van der Waals surface area contributed by atoms with E-state index in [-0.39, 0.29) is 30.8 Å². The Morgan fingerprint density at radius 1 is 1.24 bits per heavy atom. The van der Waals surface area contributed by atoms with Gasteiger partial charge < -0.3 is 15.7 Å². The number of benzene rings is 2. The van der Waals surface area contributed by atoms with Gasteiger partial charge in [0.1, 0.15) is 0 Å². The van der Waals surface area contributed by atoms with Crippen LogP contribution in [0.2, 0.25) is 0 Å². The topological polar surface area (TPSA) is 61.4 Å². The highest BCUT2D eigenvalue weighted by molar-refractivity contribution is 5.85. The minimum Gasteiger partial charge on any atom is -0.387 e. The smallest absolute Gasteiger partial charge is 0.225 e. The number of carbonyl (C=O) groups is 1. The lowest BCUT2D eigenvalue weighted by Crippen LogP contribution is -2.51. The lowest BCUT2D eigenvalue weighted by atomic mass is 10.0. The van der Waals surface area contributed by atoms with Gasteiger partial charge in [-0.2, -0.15) is 0 Å². The van der Waals surface area contributed by atoms with Gasteiger partial charge in [0.2, 0.25) is 5.91 Å². The summed E-state index contributed by atoms with van der Waals surface area (Å²) >= 11 is 0. The van der Waals surface area contributed by atoms with E-state index in [1.165, 1.54) is 0 Å². The second kappa shape index (κ2) is 6.89. The van der Waals surface area contributed by atoms with Crippen molar-refractivity contribution in [1.29, 1.82) is 0 Å². The summed E-state index contributed by atoms with van der Waals surface area (Å²) in [5.41, 5.74) is 0.829. The van der Waals surface area contributed by atoms with Crippen molar-refractivity contribution in [3.05, 3.63) is 48.0 Å². The van der Waals surface area contributed by atoms with Crippen LogP contribution in [-0.4, -0.2) is 30.6 Å². The lowest BCUT2D eigenvalue weighted by Gasteiger charge is -2.26. The molecule has 112 valence electrons. The first-order chi connectivity index (χ1) is 9.74. The summed E-state index contributed by atoms with van der Waals surface area (Å²) < 4.78 is 0. The molecule has 0 bridgehead atoms. The van der Waals surface area contributed by atoms with Crippen LogP contribution in [0.25, 0.3) is 10.8 Å². The molecule has 0 spiro atoms. The highest BCUT2D eigenvalue weighted by atomic mass is 35.5. The summed E-state index contributed by atoms with van der Waals surface area (Å²) in [6.45, 7) is 1.73. The Balaban J connectivity index is 0.00000161. The molecule has 5 heteroatoms. The molecule has 1 aliphatic heterocycles. The average molecular weight is 307 g/mol. The summed E-state index contributed by atoms with van der Waals surface area (Å²) in [5, 5.41) is 18.3. The van der Waals surface area contributed by atoms with Crippen LogP contribution >= 0.6 is 12.4 Å². The normalized spacial score (nSPS) is 15.9. The molecule has 0 aromatic heterocycles. The average Bonchev–Trinajstić information content (AvgIpc) is 2.42. The molecular weight excluding hydrogens is 288 g/mol. The van der Waals surface area contributed by atoms with Gasteiger partial charge in [-0.3, -0.25) is 4.79 Å². The van der Waals surface area contributed by atoms with E-state index >= 15 is 0 Å². The van der Waals surface area contributed by atoms with Crippen molar-refractivity contribution in [3.8, 4) is 0 Å². The number of hydrogen-bond donors (Lipinski definition) is 3. The number of hydrogen-bond acceptors (Lipinski definition) is 3. The molecule has 0 saturated carbocycles. The van der Waals surface area contributed by atoms with Crippen molar-refractivity contribution in [2.45, 2.75) is 6.10 Å². The summed E-state index contributed by atoms with van der Waals surface area (Å²) in [6.07, 6.45) is -0.670. The van der Waals surface area contributed by atoms with Crippen molar-refractivity contribution in [1.82, 2.24) is 10.6 Å². The van der Waals surface area contributed by atoms with E-state index in [4.69, 9.17) is 0 Å². The Labute approximate surface area is 130 Å². The number of halogens is 1. The number of rotatable bonds is 4. The Kier molecular flexibility index (Phi) is 5.17. The maximum Gasteiger partial charge on any atom is 0.225 e. The lowest BCUT2D eigenvalue weighted by molar-refractivity contribution is -0.126. The molecule has 2 aromatic carbocycles. The minimum absolute atomic E-state index is 0. The van der Waals surface area contributed by atoms with Gasteiger partial charge in [0.25, 0.3) is 0 Å². The number of amides is 1. The molecule has 3 N–H and O–H groups in total. The van der Waals surface area contributed by atoms with Crippen molar-refractivity contribution < 1.29 is 9.90 Å². The van der Waals surface area contributed by atoms with Gasteiger partial charge >= 0.3 is 0 Å². The SMILES string of the molecule is Cl.O=C(NCC(O)c1ccc2ccccc2c1)C1CNC1. The standard InChI is InChI=1S/C16H18N2O2.ClH/c19-15(10-18-16(20)14-8-17-9-14)13-6-5-11-3-1-2-4-12(11)7-13;/h1-7,14-15,17,19H,8-10H2,(H,18,20);1H. The molecule has 1 saturated heterocycles. The van der Waals surface area contributed by atoms with E-state index < -0.39 is 6.10 Å². The molecular formula is C16H19ClN2O2. The number of fused-ring (bicyclic) bond motifs is 1. The first kappa shape index (κ1) is 15.8. The fraction of sp³-hybridized carbons (Fsp3) is 0.312. The molecule has 1 amide bonds. The van der Waals surface area contributed by atoms with Crippen LogP contribution < -0.4 is 10.6 Å². The van der Waals surface area contributed by atoms with Crippen LogP contribution in [0.15, 0.2) is 42.5 Å². The van der Waals surface area contributed by atoms with Crippen LogP contribution in [0.3, 0.4) is 0 Å². The van der Waals surface area contributed by atoms with E-state index in [1.807, 2.05) is 42.5 Å². The van der Waals surface area contributed by atoms with Crippen molar-refractivity contribution in [3.63, 3.8) is 0 Å². The van der Waals surface area contributed by atoms with Gasteiger partial charge in [0, 0.05) is 19.6 Å². The molecule has 1 fully saturated rings. The minimum atomic E-state index is -0.670. The Hall–Kier alpha value is -1.62. The summed E-state index contributed by atoms with van der Waals surface area (Å²) in [5.74, 6) is 0.0717. The molecule has 1 unspecified atom stereocenters. The molecule has 3 rings (SSSR count). The van der Waals surface area contributed by atoms with Crippen LogP contribution in [-0.2, 0) is 4.79 Å². The van der Waals surface area contributed by atoms with Crippen LogP contribution in [0.5, 0.6) is 0 Å². The Morgan fingerprint density at radius 3 is 2.62 bits per heavy atom. The van der Waals surface area contributed by atoms with Gasteiger partial charge in [0.15, 0.2) is 0 Å². The maximum absolute atomic E-state index is 11.7. The van der Waals surface area contributed by atoms with Gasteiger partial charge in [0.05, 0.1) is 12.0 Å². The molecule has 2 aromatic rings. The van der Waals surface area contributed by atoms with Crippen molar-refractivity contribution in [2.24, 2.45) is 5.92 Å². The first-order valence-corrected chi connectivity index (χ1v) is 6.89. The number of nitrogens with one attached hydrogen (secondary N) is 2. The van der Waals surface area contributed by atoms with Crippen molar-refractivity contribution >= 4 is 29.1 Å². The summed E-state index contributed by atoms with van der Waals surface area (Å²) in [7, 11) is 0. The van der Waals surface area contributed by atoms with E-state index in [1.54, 1.807) is 0 Å². The fourth-order valence-electron chi connectivity index (χ4n) is 2.35. The Morgan fingerprint density at radius 2 is 1.95 bits per heavy atom. The zero-order valence-corrected chi connectivity index (χ0v) is 12.4. The van der Waals surface area contributed by atoms with E-state index in [9.17, 15) is 9.90 Å². The summed E-state index contributed by atoms with van der Waals surface area (Å²) in [4.78, 5) is 11.7. The van der Waals surface area contributed by atoms with Gasteiger partial charge in [-0.15, -0.1) is 12.4 Å². The fourth-order valence-corrected chi connectivity index (χ4v) is 2.35. The predicted octanol–water partition coefficient (Wildman–Crippen LogP) is 1.63. The molecule has 4 nitrogen and oxygen atoms in total. The third-order valence-electron chi connectivity index (χ3n) is 3.78. The molecule has 1 heterocycles. The molecule has 0 radical (unpaired) electrons. The molecule has 1 atom stereocenters. The molecule has 1 aliphatic rings. The van der Waals surface area contributed by atoms with Crippen LogP contribution in [0, 0.1) is 5.92 Å². The third-order valence-corrected chi connectivity index (χ3v) is 3.78. The zero-order valence-electron chi connectivity index (χ0n) is 11.6. The maximum atomic E-state index is 11.7. The van der Waals surface area contributed by atoms with E-state index in [0.717, 1.165) is 29.4 Å². The van der Waals surface area contributed by atoms with Gasteiger partial charge in [-0.1, -0.05) is 36.4 Å². The summed E-state index contributed by atoms with van der Waals surface area (Å²) in [6, 6.07) is 13.9. The zero-order chi connectivity index (χ0) is 13.9. The van der Waals surface area contributed by atoms with Gasteiger partial charge in [-0.25, -0.2) is 0 Å². The third kappa shape index (κ3) is 3.53. The highest BCUT2D eigenvalue weighted by Gasteiger charge is 2.24. The molecule has 21 heavy (non-hydrogen) atoms.